The number of carboxylic acid groups (broad SMARTS) is 1. The van der Waals surface area contributed by atoms with Crippen molar-refractivity contribution < 1.29 is 24.3 Å². The lowest BCUT2D eigenvalue weighted by molar-refractivity contribution is -0.142. The first-order valence-electron chi connectivity index (χ1n) is 9.59. The minimum absolute atomic E-state index is 0.0874. The fraction of sp³-hybridized carbons (Fsp3) is 0.778. The number of carbonyl (C=O) groups excluding carboxylic acids is 3. The standard InChI is InChI=1S/C18H34N4O5S2/c1-5-10(4)14(17(25)21-13(8-29)18(26)27)22-16(24)12(6-9(2)3)20-15(23)11(19)7-28/h9-14,28-29H,5-8,19H2,1-4H3,(H,20,23)(H,21,25)(H,22,24)(H,26,27). The van der Waals surface area contributed by atoms with Crippen LogP contribution >= 0.6 is 25.3 Å². The van der Waals surface area contributed by atoms with Crippen LogP contribution in [-0.2, 0) is 19.2 Å². The van der Waals surface area contributed by atoms with Crippen LogP contribution in [0.1, 0.15) is 40.5 Å². The van der Waals surface area contributed by atoms with Gasteiger partial charge < -0.3 is 26.8 Å². The third-order valence-electron chi connectivity index (χ3n) is 4.46. The number of amides is 3. The van der Waals surface area contributed by atoms with E-state index in [-0.39, 0.29) is 23.3 Å². The van der Waals surface area contributed by atoms with Crippen molar-refractivity contribution >= 4 is 48.9 Å². The highest BCUT2D eigenvalue weighted by atomic mass is 32.1. The second-order valence-electron chi connectivity index (χ2n) is 7.43. The maximum atomic E-state index is 12.9. The molecule has 6 N–H and O–H groups in total. The molecule has 0 spiro atoms. The lowest BCUT2D eigenvalue weighted by atomic mass is 9.96. The highest BCUT2D eigenvalue weighted by molar-refractivity contribution is 7.80. The average molecular weight is 451 g/mol. The van der Waals surface area contributed by atoms with Crippen molar-refractivity contribution in [2.75, 3.05) is 11.5 Å². The molecule has 0 aromatic rings. The molecule has 5 atom stereocenters. The minimum Gasteiger partial charge on any atom is -0.480 e. The molecule has 5 unspecified atom stereocenters. The van der Waals surface area contributed by atoms with Crippen LogP contribution in [0.15, 0.2) is 0 Å². The smallest absolute Gasteiger partial charge is 0.327 e. The van der Waals surface area contributed by atoms with E-state index in [4.69, 9.17) is 10.8 Å². The number of nitrogens with one attached hydrogen (secondary N) is 3. The van der Waals surface area contributed by atoms with Gasteiger partial charge in [-0.05, 0) is 18.3 Å². The number of carboxylic acids is 1. The Morgan fingerprint density at radius 3 is 1.86 bits per heavy atom. The van der Waals surface area contributed by atoms with Gasteiger partial charge in [-0.25, -0.2) is 4.79 Å². The van der Waals surface area contributed by atoms with E-state index in [0.29, 0.717) is 12.8 Å². The number of rotatable bonds is 13. The Labute approximate surface area is 183 Å². The summed E-state index contributed by atoms with van der Waals surface area (Å²) >= 11 is 7.92. The van der Waals surface area contributed by atoms with Gasteiger partial charge in [0, 0.05) is 11.5 Å². The van der Waals surface area contributed by atoms with E-state index in [1.807, 2.05) is 20.8 Å². The lowest BCUT2D eigenvalue weighted by Crippen LogP contribution is -2.59. The molecule has 0 rings (SSSR count). The fourth-order valence-electron chi connectivity index (χ4n) is 2.47. The topological polar surface area (TPSA) is 151 Å². The molecule has 0 heterocycles. The van der Waals surface area contributed by atoms with Crippen LogP contribution < -0.4 is 21.7 Å². The second kappa shape index (κ2) is 13.7. The molecule has 11 heteroatoms. The van der Waals surface area contributed by atoms with Gasteiger partial charge in [0.15, 0.2) is 0 Å². The molecule has 0 aliphatic heterocycles. The van der Waals surface area contributed by atoms with Crippen LogP contribution in [0.2, 0.25) is 0 Å². The maximum absolute atomic E-state index is 12.9. The van der Waals surface area contributed by atoms with E-state index in [1.54, 1.807) is 6.92 Å². The molecule has 0 aliphatic rings. The van der Waals surface area contributed by atoms with Crippen molar-refractivity contribution in [1.29, 1.82) is 0 Å². The van der Waals surface area contributed by atoms with Gasteiger partial charge in [-0.3, -0.25) is 14.4 Å². The second-order valence-corrected chi connectivity index (χ2v) is 8.16. The Morgan fingerprint density at radius 1 is 0.897 bits per heavy atom. The van der Waals surface area contributed by atoms with Gasteiger partial charge in [-0.15, -0.1) is 0 Å². The Morgan fingerprint density at radius 2 is 1.45 bits per heavy atom. The van der Waals surface area contributed by atoms with Crippen molar-refractivity contribution in [2.24, 2.45) is 17.6 Å². The highest BCUT2D eigenvalue weighted by Crippen LogP contribution is 2.11. The van der Waals surface area contributed by atoms with Crippen LogP contribution in [-0.4, -0.2) is 64.5 Å². The van der Waals surface area contributed by atoms with Crippen LogP contribution in [0.5, 0.6) is 0 Å². The van der Waals surface area contributed by atoms with Crippen LogP contribution in [0.3, 0.4) is 0 Å². The Hall–Kier alpha value is -1.46. The van der Waals surface area contributed by atoms with E-state index in [0.717, 1.165) is 0 Å². The number of hydrogen-bond acceptors (Lipinski definition) is 7. The number of hydrogen-bond donors (Lipinski definition) is 7. The number of carbonyl (C=O) groups is 4. The summed E-state index contributed by atoms with van der Waals surface area (Å²) in [4.78, 5) is 48.8. The lowest BCUT2D eigenvalue weighted by Gasteiger charge is -2.28. The molecule has 0 radical (unpaired) electrons. The summed E-state index contributed by atoms with van der Waals surface area (Å²) < 4.78 is 0. The summed E-state index contributed by atoms with van der Waals surface area (Å²) in [6.07, 6.45) is 0.919. The number of aliphatic carboxylic acids is 1. The van der Waals surface area contributed by atoms with Crippen molar-refractivity contribution in [3.8, 4) is 0 Å². The number of nitrogens with two attached hydrogens (primary N) is 1. The zero-order valence-corrected chi connectivity index (χ0v) is 19.1. The van der Waals surface area contributed by atoms with Crippen molar-refractivity contribution in [1.82, 2.24) is 16.0 Å². The first-order valence-corrected chi connectivity index (χ1v) is 10.9. The third-order valence-corrected chi connectivity index (χ3v) is 5.22. The van der Waals surface area contributed by atoms with Gasteiger partial charge in [0.25, 0.3) is 0 Å². The van der Waals surface area contributed by atoms with Crippen molar-refractivity contribution in [3.05, 3.63) is 0 Å². The van der Waals surface area contributed by atoms with Crippen LogP contribution in [0.25, 0.3) is 0 Å². The molecule has 29 heavy (non-hydrogen) atoms. The normalized spacial score (nSPS) is 16.3. The van der Waals surface area contributed by atoms with Crippen molar-refractivity contribution in [3.63, 3.8) is 0 Å². The zero-order valence-electron chi connectivity index (χ0n) is 17.3. The van der Waals surface area contributed by atoms with Crippen LogP contribution in [0, 0.1) is 11.8 Å². The SMILES string of the molecule is CCC(C)C(NC(=O)C(CC(C)C)NC(=O)C(N)CS)C(=O)NC(CS)C(=O)O. The van der Waals surface area contributed by atoms with Gasteiger partial charge >= 0.3 is 5.97 Å². The molecular weight excluding hydrogens is 416 g/mol. The Kier molecular flexibility index (Phi) is 13.0. The van der Waals surface area contributed by atoms with Gasteiger partial charge in [-0.2, -0.15) is 25.3 Å². The fourth-order valence-corrected chi connectivity index (χ4v) is 2.88. The molecule has 9 nitrogen and oxygen atoms in total. The number of thiol groups is 2. The molecule has 0 aromatic carbocycles. The van der Waals surface area contributed by atoms with Gasteiger partial charge in [0.2, 0.25) is 17.7 Å². The molecule has 0 fully saturated rings. The first kappa shape index (κ1) is 27.5. The first-order chi connectivity index (χ1) is 13.5. The Bertz CT molecular complexity index is 576. The quantitative estimate of drug-likeness (QED) is 0.193. The average Bonchev–Trinajstić information content (AvgIpc) is 2.67. The monoisotopic (exact) mass is 450 g/mol. The van der Waals surface area contributed by atoms with E-state index in [2.05, 4.69) is 41.2 Å². The summed E-state index contributed by atoms with van der Waals surface area (Å²) in [5, 5.41) is 16.8. The molecule has 3 amide bonds. The summed E-state index contributed by atoms with van der Waals surface area (Å²) in [6.45, 7) is 7.42. The highest BCUT2D eigenvalue weighted by Gasteiger charge is 2.32. The zero-order chi connectivity index (χ0) is 22.7. The molecule has 0 aromatic heterocycles. The van der Waals surface area contributed by atoms with Gasteiger partial charge in [0.05, 0.1) is 6.04 Å². The predicted octanol–water partition coefficient (Wildman–Crippen LogP) is -0.195. The minimum atomic E-state index is -1.21. The summed E-state index contributed by atoms with van der Waals surface area (Å²) in [7, 11) is 0. The third kappa shape index (κ3) is 9.72. The largest absolute Gasteiger partial charge is 0.480 e. The molecule has 168 valence electrons. The molecule has 0 aliphatic carbocycles. The summed E-state index contributed by atoms with van der Waals surface area (Å²) in [5.74, 6) is -3.00. The van der Waals surface area contributed by atoms with E-state index in [1.165, 1.54) is 0 Å². The van der Waals surface area contributed by atoms with E-state index >= 15 is 0 Å². The van der Waals surface area contributed by atoms with Gasteiger partial charge in [-0.1, -0.05) is 34.1 Å². The molecule has 0 bridgehead atoms. The Balaban J connectivity index is 5.43. The summed E-state index contributed by atoms with van der Waals surface area (Å²) in [5.41, 5.74) is 5.67. The summed E-state index contributed by atoms with van der Waals surface area (Å²) in [6, 6.07) is -3.87. The van der Waals surface area contributed by atoms with E-state index < -0.39 is 47.9 Å². The molecule has 0 saturated heterocycles. The van der Waals surface area contributed by atoms with Gasteiger partial charge in [0.1, 0.15) is 18.1 Å². The molecular formula is C18H34N4O5S2. The van der Waals surface area contributed by atoms with Crippen LogP contribution in [0.4, 0.5) is 0 Å². The van der Waals surface area contributed by atoms with E-state index in [9.17, 15) is 19.2 Å². The maximum Gasteiger partial charge on any atom is 0.327 e. The molecule has 0 saturated carbocycles. The predicted molar refractivity (Wildman–Crippen MR) is 118 cm³/mol. The van der Waals surface area contributed by atoms with Crippen molar-refractivity contribution in [2.45, 2.75) is 64.7 Å².